The first-order valence-electron chi connectivity index (χ1n) is 11.9. The van der Waals surface area contributed by atoms with Gasteiger partial charge in [0.25, 0.3) is 5.91 Å². The molecule has 0 atom stereocenters. The fraction of sp³-hybridized carbons (Fsp3) is 0.321. The predicted molar refractivity (Wildman–Crippen MR) is 136 cm³/mol. The maximum absolute atomic E-state index is 13.1. The minimum Gasteiger partial charge on any atom is -0.339 e. The van der Waals surface area contributed by atoms with Crippen molar-refractivity contribution < 1.29 is 14.4 Å². The van der Waals surface area contributed by atoms with E-state index in [1.165, 1.54) is 0 Å². The number of nitrogens with one attached hydrogen (secondary N) is 2. The largest absolute Gasteiger partial charge is 0.339 e. The highest BCUT2D eigenvalue weighted by Gasteiger charge is 2.28. The first kappa shape index (κ1) is 23.5. The number of rotatable bonds is 6. The molecule has 1 aliphatic heterocycles. The Morgan fingerprint density at radius 2 is 1.47 bits per heavy atom. The van der Waals surface area contributed by atoms with Gasteiger partial charge in [0.2, 0.25) is 11.8 Å². The van der Waals surface area contributed by atoms with Crippen molar-refractivity contribution >= 4 is 39.9 Å². The second-order valence-electron chi connectivity index (χ2n) is 9.31. The van der Waals surface area contributed by atoms with Crippen LogP contribution in [-0.2, 0) is 9.59 Å². The van der Waals surface area contributed by atoms with Crippen molar-refractivity contribution in [2.75, 3.05) is 23.7 Å². The number of hydrogen-bond acceptors (Lipinski definition) is 3. The summed E-state index contributed by atoms with van der Waals surface area (Å²) < 4.78 is 0. The minimum atomic E-state index is -0.137. The number of piperidine rings is 1. The maximum atomic E-state index is 13.1. The monoisotopic (exact) mass is 457 g/mol. The van der Waals surface area contributed by atoms with Gasteiger partial charge in [0.05, 0.1) is 0 Å². The Morgan fingerprint density at radius 1 is 0.853 bits per heavy atom. The molecule has 4 rings (SSSR count). The van der Waals surface area contributed by atoms with Crippen LogP contribution in [0.4, 0.5) is 11.4 Å². The van der Waals surface area contributed by atoms with E-state index in [0.717, 1.165) is 10.8 Å². The summed E-state index contributed by atoms with van der Waals surface area (Å²) in [6.07, 6.45) is 1.73. The molecule has 2 N–H and O–H groups in total. The number of nitrogens with zero attached hydrogens (tertiary/aromatic N) is 1. The Balaban J connectivity index is 1.30. The van der Waals surface area contributed by atoms with Gasteiger partial charge < -0.3 is 15.5 Å². The molecule has 0 bridgehead atoms. The average molecular weight is 458 g/mol. The molecule has 6 heteroatoms. The zero-order chi connectivity index (χ0) is 24.1. The molecule has 1 aliphatic rings. The molecule has 1 saturated heterocycles. The van der Waals surface area contributed by atoms with Gasteiger partial charge in [0.15, 0.2) is 0 Å². The van der Waals surface area contributed by atoms with Crippen LogP contribution in [0.1, 0.15) is 43.5 Å². The molecule has 6 nitrogen and oxygen atoms in total. The number of carbonyl (C=O) groups excluding carboxylic acids is 3. The second kappa shape index (κ2) is 10.5. The third kappa shape index (κ3) is 5.63. The Bertz CT molecular complexity index is 1170. The van der Waals surface area contributed by atoms with E-state index < -0.39 is 0 Å². The smallest absolute Gasteiger partial charge is 0.254 e. The molecule has 1 fully saturated rings. The first-order chi connectivity index (χ1) is 16.4. The van der Waals surface area contributed by atoms with Crippen LogP contribution in [0.3, 0.4) is 0 Å². The lowest BCUT2D eigenvalue weighted by molar-refractivity contribution is -0.121. The maximum Gasteiger partial charge on any atom is 0.254 e. The molecule has 3 aromatic rings. The molecule has 0 aromatic heterocycles. The number of anilines is 2. The highest BCUT2D eigenvalue weighted by Crippen LogP contribution is 2.25. The zero-order valence-corrected chi connectivity index (χ0v) is 19.7. The highest BCUT2D eigenvalue weighted by atomic mass is 16.2. The van der Waals surface area contributed by atoms with Gasteiger partial charge >= 0.3 is 0 Å². The van der Waals surface area contributed by atoms with Crippen molar-refractivity contribution in [3.05, 3.63) is 72.3 Å². The van der Waals surface area contributed by atoms with Gasteiger partial charge in [-0.05, 0) is 59.9 Å². The molecule has 0 unspecified atom stereocenters. The Kier molecular flexibility index (Phi) is 7.26. The van der Waals surface area contributed by atoms with Gasteiger partial charge in [-0.3, -0.25) is 14.4 Å². The van der Waals surface area contributed by atoms with Crippen LogP contribution < -0.4 is 10.6 Å². The van der Waals surface area contributed by atoms with Crippen LogP contribution in [0.2, 0.25) is 0 Å². The molecule has 176 valence electrons. The lowest BCUT2D eigenvalue weighted by Crippen LogP contribution is -2.41. The molecule has 0 aliphatic carbocycles. The fourth-order valence-electron chi connectivity index (χ4n) is 4.39. The summed E-state index contributed by atoms with van der Waals surface area (Å²) in [5.74, 6) is 0.130. The summed E-state index contributed by atoms with van der Waals surface area (Å²) in [6, 6.07) is 20.9. The molecule has 3 amide bonds. The van der Waals surface area contributed by atoms with Crippen molar-refractivity contribution in [2.24, 2.45) is 11.8 Å². The topological polar surface area (TPSA) is 78.5 Å². The van der Waals surface area contributed by atoms with Crippen LogP contribution in [0.15, 0.2) is 66.7 Å². The van der Waals surface area contributed by atoms with Crippen molar-refractivity contribution in [2.45, 2.75) is 33.1 Å². The number of fused-ring (bicyclic) bond motifs is 1. The quantitative estimate of drug-likeness (QED) is 0.526. The van der Waals surface area contributed by atoms with Crippen molar-refractivity contribution in [1.82, 2.24) is 4.90 Å². The molecule has 0 saturated carbocycles. The van der Waals surface area contributed by atoms with Crippen LogP contribution in [0, 0.1) is 11.8 Å². The van der Waals surface area contributed by atoms with E-state index in [2.05, 4.69) is 10.6 Å². The van der Waals surface area contributed by atoms with Crippen molar-refractivity contribution in [1.29, 1.82) is 0 Å². The van der Waals surface area contributed by atoms with Gasteiger partial charge in [-0.1, -0.05) is 50.2 Å². The Morgan fingerprint density at radius 3 is 2.15 bits per heavy atom. The predicted octanol–water partition coefficient (Wildman–Crippen LogP) is 5.32. The highest BCUT2D eigenvalue weighted by molar-refractivity contribution is 6.07. The third-order valence-corrected chi connectivity index (χ3v) is 6.20. The molecule has 0 spiro atoms. The van der Waals surface area contributed by atoms with Gasteiger partial charge in [-0.25, -0.2) is 0 Å². The summed E-state index contributed by atoms with van der Waals surface area (Å²) in [4.78, 5) is 39.7. The van der Waals surface area contributed by atoms with Crippen LogP contribution in [0.5, 0.6) is 0 Å². The van der Waals surface area contributed by atoms with Crippen LogP contribution in [-0.4, -0.2) is 35.7 Å². The molecule has 1 heterocycles. The minimum absolute atomic E-state index is 0.0170. The first-order valence-corrected chi connectivity index (χ1v) is 11.9. The lowest BCUT2D eigenvalue weighted by atomic mass is 9.94. The molecule has 34 heavy (non-hydrogen) atoms. The zero-order valence-electron chi connectivity index (χ0n) is 19.7. The van der Waals surface area contributed by atoms with Gasteiger partial charge in [-0.15, -0.1) is 0 Å². The van der Waals surface area contributed by atoms with Crippen LogP contribution in [0.25, 0.3) is 10.8 Å². The lowest BCUT2D eigenvalue weighted by Gasteiger charge is -2.31. The second-order valence-corrected chi connectivity index (χ2v) is 9.31. The van der Waals surface area contributed by atoms with Gasteiger partial charge in [0.1, 0.15) is 0 Å². The van der Waals surface area contributed by atoms with E-state index in [9.17, 15) is 14.4 Å². The van der Waals surface area contributed by atoms with Crippen LogP contribution >= 0.6 is 0 Å². The van der Waals surface area contributed by atoms with E-state index in [4.69, 9.17) is 0 Å². The molecule has 0 radical (unpaired) electrons. The Labute approximate surface area is 200 Å². The van der Waals surface area contributed by atoms with E-state index in [0.29, 0.717) is 55.2 Å². The summed E-state index contributed by atoms with van der Waals surface area (Å²) >= 11 is 0. The molecular formula is C28H31N3O3. The third-order valence-electron chi connectivity index (χ3n) is 6.20. The Hall–Kier alpha value is -3.67. The summed E-state index contributed by atoms with van der Waals surface area (Å²) in [6.45, 7) is 5.12. The van der Waals surface area contributed by atoms with E-state index in [-0.39, 0.29) is 23.6 Å². The summed E-state index contributed by atoms with van der Waals surface area (Å²) in [5, 5.41) is 7.84. The van der Waals surface area contributed by atoms with E-state index >= 15 is 0 Å². The summed E-state index contributed by atoms with van der Waals surface area (Å²) in [5.41, 5.74) is 2.12. The van der Waals surface area contributed by atoms with Gasteiger partial charge in [-0.2, -0.15) is 0 Å². The SMILES string of the molecule is CC(C)CC(=O)Nc1ccc(NC(=O)C2CCN(C(=O)c3cccc4ccccc34)CC2)cc1. The van der Waals surface area contributed by atoms with Crippen molar-refractivity contribution in [3.63, 3.8) is 0 Å². The number of likely N-dealkylation sites (tertiary alicyclic amines) is 1. The van der Waals surface area contributed by atoms with E-state index in [1.54, 1.807) is 24.3 Å². The summed E-state index contributed by atoms with van der Waals surface area (Å²) in [7, 11) is 0. The molecule has 3 aromatic carbocycles. The molecular weight excluding hydrogens is 426 g/mol. The average Bonchev–Trinajstić information content (AvgIpc) is 2.84. The number of hydrogen-bond donors (Lipinski definition) is 2. The number of carbonyl (C=O) groups is 3. The normalized spacial score (nSPS) is 14.3. The number of amides is 3. The standard InChI is InChI=1S/C28H31N3O3/c1-19(2)18-26(32)29-22-10-12-23(13-11-22)30-27(33)21-14-16-31(17-15-21)28(34)25-9-5-7-20-6-3-4-8-24(20)25/h3-13,19,21H,14-18H2,1-2H3,(H,29,32)(H,30,33). The van der Waals surface area contributed by atoms with E-state index in [1.807, 2.05) is 61.2 Å². The van der Waals surface area contributed by atoms with Gasteiger partial charge in [0, 0.05) is 42.4 Å². The van der Waals surface area contributed by atoms with Crippen molar-refractivity contribution in [3.8, 4) is 0 Å². The fourth-order valence-corrected chi connectivity index (χ4v) is 4.39. The number of benzene rings is 3.